The van der Waals surface area contributed by atoms with Crippen molar-refractivity contribution in [2.45, 2.75) is 44.6 Å². The number of nitro benzene ring substituents is 1. The Morgan fingerprint density at radius 1 is 1.02 bits per heavy atom. The molecule has 0 bridgehead atoms. The third-order valence-corrected chi connectivity index (χ3v) is 8.74. The molecule has 47 heavy (non-hydrogen) atoms. The number of anilines is 1. The van der Waals surface area contributed by atoms with Gasteiger partial charge in [0, 0.05) is 23.4 Å². The van der Waals surface area contributed by atoms with Crippen LogP contribution in [0.1, 0.15) is 62.5 Å². The van der Waals surface area contributed by atoms with E-state index in [1.165, 1.54) is 48.5 Å². The molecule has 0 radical (unpaired) electrons. The fraction of sp³-hybridized carbons (Fsp3) is 0.267. The number of benzene rings is 2. The normalized spacial score (nSPS) is 11.4. The summed E-state index contributed by atoms with van der Waals surface area (Å²) in [7, 11) is 0. The molecule has 0 aliphatic heterocycles. The lowest BCUT2D eigenvalue weighted by Gasteiger charge is -2.14. The van der Waals surface area contributed by atoms with E-state index in [1.807, 2.05) is 0 Å². The van der Waals surface area contributed by atoms with Crippen LogP contribution in [0.15, 0.2) is 53.7 Å². The highest BCUT2D eigenvalue weighted by molar-refractivity contribution is 8.00. The van der Waals surface area contributed by atoms with Crippen LogP contribution in [-0.2, 0) is 20.8 Å². The highest BCUT2D eigenvalue weighted by atomic mass is 32.2. The molecule has 2 aromatic carbocycles. The molecule has 2 N–H and O–H groups in total. The predicted molar refractivity (Wildman–Crippen MR) is 171 cm³/mol. The van der Waals surface area contributed by atoms with Crippen molar-refractivity contribution in [1.29, 1.82) is 0 Å². The first kappa shape index (κ1) is 34.7. The molecule has 0 saturated carbocycles. The smallest absolute Gasteiger partial charge is 0.348 e. The number of non-ortho nitro benzene ring substituents is 1. The van der Waals surface area contributed by atoms with E-state index in [9.17, 15) is 33.7 Å². The maximum atomic E-state index is 13.8. The molecule has 0 saturated heterocycles. The minimum atomic E-state index is -0.829. The predicted octanol–water partition coefficient (Wildman–Crippen LogP) is 5.09. The van der Waals surface area contributed by atoms with Gasteiger partial charge in [-0.2, -0.15) is 0 Å². The molecule has 2 amide bonds. The van der Waals surface area contributed by atoms with Crippen molar-refractivity contribution in [2.75, 3.05) is 18.5 Å². The van der Waals surface area contributed by atoms with Gasteiger partial charge in [0.05, 0.1) is 35.5 Å². The maximum Gasteiger partial charge on any atom is 0.348 e. The molecule has 17 heteroatoms. The van der Waals surface area contributed by atoms with Crippen molar-refractivity contribution in [3.05, 3.63) is 91.9 Å². The Morgan fingerprint density at radius 3 is 2.28 bits per heavy atom. The summed E-state index contributed by atoms with van der Waals surface area (Å²) in [5.41, 5.74) is 0.831. The van der Waals surface area contributed by atoms with Gasteiger partial charge >= 0.3 is 11.9 Å². The summed E-state index contributed by atoms with van der Waals surface area (Å²) >= 11 is 1.90. The van der Waals surface area contributed by atoms with Gasteiger partial charge in [-0.1, -0.05) is 11.8 Å². The highest BCUT2D eigenvalue weighted by Crippen LogP contribution is 2.35. The van der Waals surface area contributed by atoms with E-state index < -0.39 is 39.7 Å². The topological polar surface area (TPSA) is 185 Å². The average Bonchev–Trinajstić information content (AvgIpc) is 3.60. The summed E-state index contributed by atoms with van der Waals surface area (Å²) in [6, 6.07) is 10.5. The largest absolute Gasteiger partial charge is 0.462 e. The number of halogens is 1. The van der Waals surface area contributed by atoms with Gasteiger partial charge in [-0.25, -0.2) is 14.0 Å². The van der Waals surface area contributed by atoms with Gasteiger partial charge in [0.2, 0.25) is 5.91 Å². The number of ether oxygens (including phenoxy) is 2. The van der Waals surface area contributed by atoms with Crippen molar-refractivity contribution < 1.29 is 38.0 Å². The lowest BCUT2D eigenvalue weighted by Crippen LogP contribution is -2.25. The van der Waals surface area contributed by atoms with Crippen LogP contribution >= 0.6 is 23.1 Å². The lowest BCUT2D eigenvalue weighted by molar-refractivity contribution is -0.384. The number of thiophene rings is 1. The number of nitrogens with one attached hydrogen (secondary N) is 2. The Kier molecular flexibility index (Phi) is 11.4. The molecule has 2 aromatic heterocycles. The van der Waals surface area contributed by atoms with Crippen molar-refractivity contribution in [1.82, 2.24) is 20.1 Å². The van der Waals surface area contributed by atoms with Gasteiger partial charge in [0.1, 0.15) is 15.7 Å². The van der Waals surface area contributed by atoms with E-state index in [0.29, 0.717) is 11.3 Å². The first-order chi connectivity index (χ1) is 22.4. The second-order valence-corrected chi connectivity index (χ2v) is 12.0. The zero-order valence-electron chi connectivity index (χ0n) is 25.6. The molecule has 4 aromatic rings. The summed E-state index contributed by atoms with van der Waals surface area (Å²) in [6.07, 6.45) is 0. The lowest BCUT2D eigenvalue weighted by atomic mass is 10.1. The van der Waals surface area contributed by atoms with E-state index in [2.05, 4.69) is 20.8 Å². The number of carbonyl (C=O) groups excluding carboxylic acids is 4. The quantitative estimate of drug-likeness (QED) is 0.0828. The highest BCUT2D eigenvalue weighted by Gasteiger charge is 2.29. The number of hydrogen-bond donors (Lipinski definition) is 2. The molecular weight excluding hydrogens is 655 g/mol. The summed E-state index contributed by atoms with van der Waals surface area (Å²) in [5, 5.41) is 24.2. The summed E-state index contributed by atoms with van der Waals surface area (Å²) in [6.45, 7) is 6.52. The van der Waals surface area contributed by atoms with Gasteiger partial charge in [0.15, 0.2) is 11.0 Å². The van der Waals surface area contributed by atoms with Crippen LogP contribution < -0.4 is 10.6 Å². The number of thioether (sulfide) groups is 1. The van der Waals surface area contributed by atoms with Gasteiger partial charge < -0.3 is 20.1 Å². The Morgan fingerprint density at radius 2 is 1.66 bits per heavy atom. The van der Waals surface area contributed by atoms with Crippen LogP contribution in [-0.4, -0.2) is 61.9 Å². The zero-order chi connectivity index (χ0) is 34.2. The van der Waals surface area contributed by atoms with Crippen molar-refractivity contribution in [3.63, 3.8) is 0 Å². The van der Waals surface area contributed by atoms with Crippen LogP contribution in [0.3, 0.4) is 0 Å². The number of esters is 2. The number of nitro groups is 1. The van der Waals surface area contributed by atoms with Crippen LogP contribution in [0.25, 0.3) is 5.69 Å². The van der Waals surface area contributed by atoms with Crippen molar-refractivity contribution in [2.24, 2.45) is 0 Å². The summed E-state index contributed by atoms with van der Waals surface area (Å²) < 4.78 is 25.6. The Balaban J connectivity index is 1.57. The number of aromatic nitrogens is 3. The Bertz CT molecular complexity index is 1810. The van der Waals surface area contributed by atoms with E-state index in [0.717, 1.165) is 23.1 Å². The van der Waals surface area contributed by atoms with Gasteiger partial charge in [-0.05, 0) is 69.7 Å². The van der Waals surface area contributed by atoms with Crippen LogP contribution in [0.2, 0.25) is 0 Å². The van der Waals surface area contributed by atoms with Crippen LogP contribution in [0.5, 0.6) is 0 Å². The van der Waals surface area contributed by atoms with E-state index >= 15 is 0 Å². The van der Waals surface area contributed by atoms with Crippen LogP contribution in [0.4, 0.5) is 15.1 Å². The van der Waals surface area contributed by atoms with Crippen LogP contribution in [0, 0.1) is 22.9 Å². The molecule has 4 rings (SSSR count). The van der Waals surface area contributed by atoms with E-state index in [4.69, 9.17) is 9.47 Å². The number of amides is 2. The fourth-order valence-corrected chi connectivity index (χ4v) is 6.18. The summed E-state index contributed by atoms with van der Waals surface area (Å²) in [5.74, 6) is -2.63. The molecule has 0 spiro atoms. The maximum absolute atomic E-state index is 13.8. The third-order valence-electron chi connectivity index (χ3n) is 6.51. The van der Waals surface area contributed by atoms with E-state index in [-0.39, 0.29) is 57.4 Å². The molecule has 14 nitrogen and oxygen atoms in total. The molecule has 2 heterocycles. The molecular formula is C30H29FN6O8S2. The van der Waals surface area contributed by atoms with Crippen molar-refractivity contribution >= 4 is 57.5 Å². The summed E-state index contributed by atoms with van der Waals surface area (Å²) in [4.78, 5) is 61.9. The van der Waals surface area contributed by atoms with Gasteiger partial charge in [-0.3, -0.25) is 24.3 Å². The minimum Gasteiger partial charge on any atom is -0.462 e. The Labute approximate surface area is 275 Å². The average molecular weight is 685 g/mol. The first-order valence-electron chi connectivity index (χ1n) is 14.1. The number of nitrogens with zero attached hydrogens (tertiary/aromatic N) is 4. The second-order valence-electron chi connectivity index (χ2n) is 9.65. The first-order valence-corrected chi connectivity index (χ1v) is 15.8. The Hall–Kier alpha value is -5.16. The van der Waals surface area contributed by atoms with E-state index in [1.54, 1.807) is 32.3 Å². The van der Waals surface area contributed by atoms with Gasteiger partial charge in [0.25, 0.3) is 11.6 Å². The van der Waals surface area contributed by atoms with Gasteiger partial charge in [-0.15, -0.1) is 21.5 Å². The third kappa shape index (κ3) is 8.17. The number of hydrogen-bond acceptors (Lipinski definition) is 12. The SMILES string of the molecule is CCOC(=O)c1sc(NC(=O)[C@H](C)Sc2nnc(CNC(=O)c3ccc([N+](=O)[O-])cc3)n2-c2ccc(F)cc2)c(C(=O)OCC)c1C. The fourth-order valence-electron chi connectivity index (χ4n) is 4.20. The monoisotopic (exact) mass is 684 g/mol. The minimum absolute atomic E-state index is 0.0472. The molecule has 246 valence electrons. The molecule has 1 atom stereocenters. The molecule has 0 unspecified atom stereocenters. The molecule has 0 aliphatic rings. The number of carbonyl (C=O) groups is 4. The standard InChI is InChI=1S/C30H29FN6O8S2/c1-5-44-28(40)23-16(3)24(29(41)45-6-2)47-27(23)33-25(38)17(4)46-30-35-34-22(36(30)20-13-9-19(31)10-14-20)15-32-26(39)18-7-11-21(12-8-18)37(42)43/h7-14,17H,5-6,15H2,1-4H3,(H,32,39)(H,33,38)/t17-/m0/s1. The zero-order valence-corrected chi connectivity index (χ0v) is 27.2. The molecule has 0 aliphatic carbocycles. The molecule has 0 fully saturated rings. The number of rotatable bonds is 13. The second kappa shape index (κ2) is 15.4. The van der Waals surface area contributed by atoms with Crippen molar-refractivity contribution in [3.8, 4) is 5.69 Å².